The summed E-state index contributed by atoms with van der Waals surface area (Å²) in [6.45, 7) is 2.75. The van der Waals surface area contributed by atoms with Crippen LogP contribution in [0, 0.1) is 17.7 Å². The third-order valence-corrected chi connectivity index (χ3v) is 3.18. The van der Waals surface area contributed by atoms with Gasteiger partial charge in [0.15, 0.2) is 5.92 Å². The van der Waals surface area contributed by atoms with Gasteiger partial charge in [-0.25, -0.2) is 4.39 Å². The fraction of sp³-hybridized carbons (Fsp3) is 0.312. The number of aliphatic carboxylic acids is 2. The second-order valence-electron chi connectivity index (χ2n) is 4.78. The van der Waals surface area contributed by atoms with E-state index in [9.17, 15) is 29.0 Å². The van der Waals surface area contributed by atoms with E-state index in [0.29, 0.717) is 5.56 Å². The Hall–Kier alpha value is -2.70. The number of rotatable bonds is 7. The summed E-state index contributed by atoms with van der Waals surface area (Å²) in [4.78, 5) is 34.6. The molecule has 124 valence electrons. The highest BCUT2D eigenvalue weighted by Gasteiger charge is 2.36. The molecule has 0 aliphatic heterocycles. The number of carboxylic acid groups (broad SMARTS) is 2. The Bertz CT molecular complexity index is 620. The van der Waals surface area contributed by atoms with Crippen LogP contribution < -0.4 is 0 Å². The third kappa shape index (κ3) is 4.91. The van der Waals surface area contributed by atoms with Gasteiger partial charge >= 0.3 is 17.9 Å². The molecule has 0 aliphatic carbocycles. The first-order chi connectivity index (χ1) is 10.8. The van der Waals surface area contributed by atoms with Crippen LogP contribution >= 0.6 is 0 Å². The zero-order chi connectivity index (χ0) is 17.6. The number of carbonyl (C=O) groups is 3. The van der Waals surface area contributed by atoms with E-state index in [4.69, 9.17) is 4.74 Å². The number of benzene rings is 1. The molecule has 0 heterocycles. The number of esters is 1. The zero-order valence-corrected chi connectivity index (χ0v) is 12.7. The van der Waals surface area contributed by atoms with E-state index >= 15 is 0 Å². The molecule has 0 saturated carbocycles. The summed E-state index contributed by atoms with van der Waals surface area (Å²) in [5.41, 5.74) is 0.236. The van der Waals surface area contributed by atoms with E-state index < -0.39 is 35.6 Å². The molecule has 1 aromatic carbocycles. The highest BCUT2D eigenvalue weighted by Crippen LogP contribution is 2.26. The van der Waals surface area contributed by atoms with Crippen LogP contribution in [0.2, 0.25) is 0 Å². The maximum Gasteiger partial charge on any atom is 0.324 e. The molecule has 0 aliphatic rings. The molecule has 2 unspecified atom stereocenters. The Morgan fingerprint density at radius 2 is 1.74 bits per heavy atom. The van der Waals surface area contributed by atoms with E-state index in [0.717, 1.165) is 12.1 Å². The molecular formula is C16H17FO6. The number of ether oxygens (including phenoxy) is 1. The molecule has 0 amide bonds. The topological polar surface area (TPSA) is 101 Å². The monoisotopic (exact) mass is 324 g/mol. The maximum atomic E-state index is 12.9. The first-order valence-electron chi connectivity index (χ1n) is 6.87. The number of halogens is 1. The van der Waals surface area contributed by atoms with Crippen molar-refractivity contribution < 1.29 is 33.7 Å². The van der Waals surface area contributed by atoms with Crippen molar-refractivity contribution in [2.75, 3.05) is 6.61 Å². The van der Waals surface area contributed by atoms with Crippen LogP contribution in [0.1, 0.15) is 19.4 Å². The van der Waals surface area contributed by atoms with Crippen molar-refractivity contribution in [3.05, 3.63) is 41.2 Å². The normalized spacial score (nSPS) is 14.0. The lowest BCUT2D eigenvalue weighted by molar-refractivity contribution is -0.156. The van der Waals surface area contributed by atoms with Gasteiger partial charge in [-0.2, -0.15) is 0 Å². The molecule has 7 heteroatoms. The van der Waals surface area contributed by atoms with Crippen LogP contribution in [-0.4, -0.2) is 34.7 Å². The lowest BCUT2D eigenvalue weighted by Crippen LogP contribution is -2.32. The van der Waals surface area contributed by atoms with Crippen LogP contribution in [-0.2, 0) is 19.1 Å². The van der Waals surface area contributed by atoms with Gasteiger partial charge in [0.2, 0.25) is 0 Å². The largest absolute Gasteiger partial charge is 0.481 e. The lowest BCUT2D eigenvalue weighted by Gasteiger charge is -2.18. The van der Waals surface area contributed by atoms with Crippen molar-refractivity contribution in [3.63, 3.8) is 0 Å². The molecule has 0 aromatic heterocycles. The highest BCUT2D eigenvalue weighted by atomic mass is 19.1. The van der Waals surface area contributed by atoms with Gasteiger partial charge in [0.1, 0.15) is 5.82 Å². The first kappa shape index (κ1) is 18.3. The second kappa shape index (κ2) is 8.07. The van der Waals surface area contributed by atoms with Gasteiger partial charge in [-0.3, -0.25) is 14.4 Å². The Morgan fingerprint density at radius 1 is 1.17 bits per heavy atom. The lowest BCUT2D eigenvalue weighted by atomic mass is 9.87. The van der Waals surface area contributed by atoms with Crippen LogP contribution in [0.5, 0.6) is 0 Å². The van der Waals surface area contributed by atoms with Gasteiger partial charge in [-0.05, 0) is 37.1 Å². The summed E-state index contributed by atoms with van der Waals surface area (Å²) in [7, 11) is 0. The van der Waals surface area contributed by atoms with E-state index in [-0.39, 0.29) is 12.2 Å². The molecular weight excluding hydrogens is 307 g/mol. The van der Waals surface area contributed by atoms with Gasteiger partial charge in [-0.15, -0.1) is 0 Å². The van der Waals surface area contributed by atoms with Gasteiger partial charge < -0.3 is 14.9 Å². The molecule has 0 saturated heterocycles. The molecule has 0 bridgehead atoms. The minimum absolute atomic E-state index is 0.0338. The molecule has 0 spiro atoms. The van der Waals surface area contributed by atoms with E-state index in [1.807, 2.05) is 0 Å². The second-order valence-corrected chi connectivity index (χ2v) is 4.78. The van der Waals surface area contributed by atoms with Crippen molar-refractivity contribution in [2.24, 2.45) is 11.8 Å². The Balaban J connectivity index is 3.37. The van der Waals surface area contributed by atoms with Gasteiger partial charge in [0, 0.05) is 0 Å². The summed E-state index contributed by atoms with van der Waals surface area (Å²) < 4.78 is 17.7. The van der Waals surface area contributed by atoms with Gasteiger partial charge in [-0.1, -0.05) is 18.2 Å². The van der Waals surface area contributed by atoms with E-state index in [1.165, 1.54) is 32.1 Å². The van der Waals surface area contributed by atoms with Crippen LogP contribution in [0.4, 0.5) is 4.39 Å². The van der Waals surface area contributed by atoms with Crippen molar-refractivity contribution in [1.29, 1.82) is 0 Å². The Morgan fingerprint density at radius 3 is 2.17 bits per heavy atom. The van der Waals surface area contributed by atoms with Crippen LogP contribution in [0.3, 0.4) is 0 Å². The summed E-state index contributed by atoms with van der Waals surface area (Å²) in [5, 5.41) is 18.5. The van der Waals surface area contributed by atoms with Crippen molar-refractivity contribution >= 4 is 24.0 Å². The molecule has 6 nitrogen and oxygen atoms in total. The smallest absolute Gasteiger partial charge is 0.324 e. The fourth-order valence-electron chi connectivity index (χ4n) is 1.96. The molecule has 2 N–H and O–H groups in total. The predicted octanol–water partition coefficient (Wildman–Crippen LogP) is 2.19. The van der Waals surface area contributed by atoms with E-state index in [1.54, 1.807) is 0 Å². The van der Waals surface area contributed by atoms with Crippen molar-refractivity contribution in [3.8, 4) is 0 Å². The third-order valence-electron chi connectivity index (χ3n) is 3.18. The quantitative estimate of drug-likeness (QED) is 0.589. The molecule has 23 heavy (non-hydrogen) atoms. The average molecular weight is 324 g/mol. The highest BCUT2D eigenvalue weighted by molar-refractivity contribution is 6.00. The Kier molecular flexibility index (Phi) is 6.44. The molecule has 0 radical (unpaired) electrons. The first-order valence-corrected chi connectivity index (χ1v) is 6.87. The molecule has 1 aromatic rings. The molecule has 0 fully saturated rings. The summed E-state index contributed by atoms with van der Waals surface area (Å²) >= 11 is 0. The van der Waals surface area contributed by atoms with Crippen LogP contribution in [0.25, 0.3) is 6.08 Å². The molecule has 1 rings (SSSR count). The number of hydrogen-bond donors (Lipinski definition) is 2. The zero-order valence-electron chi connectivity index (χ0n) is 12.7. The minimum Gasteiger partial charge on any atom is -0.481 e. The summed E-state index contributed by atoms with van der Waals surface area (Å²) in [5.74, 6) is -7.30. The van der Waals surface area contributed by atoms with Crippen molar-refractivity contribution in [1.82, 2.24) is 0 Å². The number of hydrogen-bond acceptors (Lipinski definition) is 4. The number of carboxylic acids is 2. The van der Waals surface area contributed by atoms with E-state index in [2.05, 4.69) is 0 Å². The standard InChI is InChI=1S/C16H17FO6/c1-3-23-16(22)13(15(20)21)12(9(2)14(18)19)8-10-4-6-11(17)7-5-10/h4-9,13H,3H2,1-2H3,(H,18,19)(H,20,21)/b12-8+. The summed E-state index contributed by atoms with van der Waals surface area (Å²) in [6.07, 6.45) is 1.26. The summed E-state index contributed by atoms with van der Waals surface area (Å²) in [6, 6.07) is 5.01. The van der Waals surface area contributed by atoms with Crippen LogP contribution in [0.15, 0.2) is 29.8 Å². The molecule has 2 atom stereocenters. The van der Waals surface area contributed by atoms with Gasteiger partial charge in [0.25, 0.3) is 0 Å². The Labute approximate surface area is 132 Å². The average Bonchev–Trinajstić information content (AvgIpc) is 2.47. The minimum atomic E-state index is -1.74. The number of carbonyl (C=O) groups excluding carboxylic acids is 1. The maximum absolute atomic E-state index is 12.9. The SMILES string of the molecule is CCOC(=O)C(C(=O)O)/C(=C/c1ccc(F)cc1)C(C)C(=O)O. The van der Waals surface area contributed by atoms with Crippen molar-refractivity contribution in [2.45, 2.75) is 13.8 Å². The fourth-order valence-corrected chi connectivity index (χ4v) is 1.96. The predicted molar refractivity (Wildman–Crippen MR) is 78.9 cm³/mol. The van der Waals surface area contributed by atoms with Gasteiger partial charge in [0.05, 0.1) is 12.5 Å².